The third-order valence-corrected chi connectivity index (χ3v) is 3.89. The molecule has 0 atom stereocenters. The van der Waals surface area contributed by atoms with E-state index in [1.165, 1.54) is 22.8 Å². The smallest absolute Gasteiger partial charge is 0.342 e. The van der Waals surface area contributed by atoms with Crippen LogP contribution in [0.25, 0.3) is 0 Å². The van der Waals surface area contributed by atoms with Gasteiger partial charge < -0.3 is 9.84 Å². The molecule has 0 radical (unpaired) electrons. The van der Waals surface area contributed by atoms with E-state index in [2.05, 4.69) is 32.9 Å². The highest BCUT2D eigenvalue weighted by molar-refractivity contribution is 5.92. The maximum absolute atomic E-state index is 11.9. The lowest BCUT2D eigenvalue weighted by atomic mass is 10.1. The van der Waals surface area contributed by atoms with Gasteiger partial charge in [-0.05, 0) is 71.6 Å². The minimum atomic E-state index is -0.503. The van der Waals surface area contributed by atoms with Crippen molar-refractivity contribution >= 4 is 5.97 Å². The number of hydrogen-bond donors (Lipinski definition) is 1. The SMILES string of the molecule is CC(C)=CCCC(C)=CCCC(C)=CCOC(=O)c1ccccc1O. The number of allylic oxidation sites excluding steroid dienone is 5. The number of rotatable bonds is 9. The van der Waals surface area contributed by atoms with E-state index in [-0.39, 0.29) is 17.9 Å². The van der Waals surface area contributed by atoms with E-state index in [1.54, 1.807) is 18.2 Å². The first-order chi connectivity index (χ1) is 11.9. The van der Waals surface area contributed by atoms with Gasteiger partial charge in [-0.25, -0.2) is 4.79 Å². The molecule has 0 saturated heterocycles. The maximum Gasteiger partial charge on any atom is 0.342 e. The lowest BCUT2D eigenvalue weighted by molar-refractivity contribution is 0.0545. The first-order valence-corrected chi connectivity index (χ1v) is 8.80. The second-order valence-corrected chi connectivity index (χ2v) is 6.58. The molecule has 0 amide bonds. The van der Waals surface area contributed by atoms with Gasteiger partial charge in [0.25, 0.3) is 0 Å². The maximum atomic E-state index is 11.9. The van der Waals surface area contributed by atoms with Crippen molar-refractivity contribution in [2.24, 2.45) is 0 Å². The molecule has 3 heteroatoms. The molecule has 1 aromatic carbocycles. The zero-order valence-corrected chi connectivity index (χ0v) is 15.8. The van der Waals surface area contributed by atoms with Crippen LogP contribution in [0, 0.1) is 0 Å². The van der Waals surface area contributed by atoms with Gasteiger partial charge in [-0.2, -0.15) is 0 Å². The summed E-state index contributed by atoms with van der Waals surface area (Å²) >= 11 is 0. The Hall–Kier alpha value is -2.29. The summed E-state index contributed by atoms with van der Waals surface area (Å²) < 4.78 is 5.19. The fraction of sp³-hybridized carbons (Fsp3) is 0.409. The summed E-state index contributed by atoms with van der Waals surface area (Å²) in [5.74, 6) is -0.556. The normalized spacial score (nSPS) is 12.0. The van der Waals surface area contributed by atoms with Gasteiger partial charge >= 0.3 is 5.97 Å². The number of carbonyl (C=O) groups is 1. The van der Waals surface area contributed by atoms with Crippen molar-refractivity contribution in [2.75, 3.05) is 6.61 Å². The molecule has 1 aromatic rings. The lowest BCUT2D eigenvalue weighted by Gasteiger charge is -2.05. The van der Waals surface area contributed by atoms with Crippen molar-refractivity contribution in [1.29, 1.82) is 0 Å². The summed E-state index contributed by atoms with van der Waals surface area (Å²) in [5.41, 5.74) is 4.17. The van der Waals surface area contributed by atoms with Crippen molar-refractivity contribution in [3.8, 4) is 5.75 Å². The number of benzene rings is 1. The molecule has 1 N–H and O–H groups in total. The number of ether oxygens (including phenoxy) is 1. The standard InChI is InChI=1S/C22H30O3/c1-17(2)9-7-10-18(3)11-8-12-19(4)15-16-25-22(24)20-13-5-6-14-21(20)23/h5-6,9,11,13-15,23H,7-8,10,12,16H2,1-4H3. The molecular weight excluding hydrogens is 312 g/mol. The fourth-order valence-electron chi connectivity index (χ4n) is 2.32. The van der Waals surface area contributed by atoms with E-state index in [0.717, 1.165) is 25.7 Å². The quantitative estimate of drug-likeness (QED) is 0.444. The van der Waals surface area contributed by atoms with E-state index in [9.17, 15) is 9.90 Å². The van der Waals surface area contributed by atoms with E-state index >= 15 is 0 Å². The van der Waals surface area contributed by atoms with Crippen molar-refractivity contribution in [3.05, 3.63) is 64.8 Å². The van der Waals surface area contributed by atoms with Gasteiger partial charge in [0.1, 0.15) is 17.9 Å². The molecule has 3 nitrogen and oxygen atoms in total. The Bertz CT molecular complexity index is 647. The number of para-hydroxylation sites is 1. The third kappa shape index (κ3) is 8.94. The van der Waals surface area contributed by atoms with Crippen LogP contribution in [0.2, 0.25) is 0 Å². The Morgan fingerprint density at radius 1 is 0.960 bits per heavy atom. The monoisotopic (exact) mass is 342 g/mol. The van der Waals surface area contributed by atoms with Crippen molar-refractivity contribution < 1.29 is 14.6 Å². The molecule has 1 rings (SSSR count). The number of carbonyl (C=O) groups excluding carboxylic acids is 1. The molecule has 136 valence electrons. The van der Waals surface area contributed by atoms with Gasteiger partial charge in [0.15, 0.2) is 0 Å². The minimum Gasteiger partial charge on any atom is -0.507 e. The third-order valence-electron chi connectivity index (χ3n) is 3.89. The van der Waals surface area contributed by atoms with Crippen LogP contribution in [0.3, 0.4) is 0 Å². The van der Waals surface area contributed by atoms with Crippen LogP contribution in [0.4, 0.5) is 0 Å². The van der Waals surface area contributed by atoms with Crippen LogP contribution in [0.15, 0.2) is 59.2 Å². The van der Waals surface area contributed by atoms with Gasteiger partial charge in [-0.15, -0.1) is 0 Å². The molecule has 0 aliphatic carbocycles. The number of phenols is 1. The largest absolute Gasteiger partial charge is 0.507 e. The predicted octanol–water partition coefficient (Wildman–Crippen LogP) is 5.97. The molecule has 0 saturated carbocycles. The molecule has 0 unspecified atom stereocenters. The summed E-state index contributed by atoms with van der Waals surface area (Å²) in [6.07, 6.45) is 10.6. The van der Waals surface area contributed by atoms with E-state index in [1.807, 2.05) is 13.0 Å². The molecule has 0 bridgehead atoms. The summed E-state index contributed by atoms with van der Waals surface area (Å²) in [6.45, 7) is 8.69. The number of esters is 1. The van der Waals surface area contributed by atoms with Gasteiger partial charge in [0, 0.05) is 0 Å². The number of phenolic OH excluding ortho intramolecular Hbond substituents is 1. The zero-order valence-electron chi connectivity index (χ0n) is 15.8. The second kappa shape index (κ2) is 11.3. The summed E-state index contributed by atoms with van der Waals surface area (Å²) in [6, 6.07) is 6.40. The predicted molar refractivity (Wildman–Crippen MR) is 104 cm³/mol. The van der Waals surface area contributed by atoms with Gasteiger partial charge in [0.05, 0.1) is 0 Å². The molecule has 0 aliphatic heterocycles. The Morgan fingerprint density at radius 2 is 1.56 bits per heavy atom. The Labute approximate surface area is 151 Å². The lowest BCUT2D eigenvalue weighted by Crippen LogP contribution is -2.05. The van der Waals surface area contributed by atoms with Crippen molar-refractivity contribution in [3.63, 3.8) is 0 Å². The van der Waals surface area contributed by atoms with Crippen LogP contribution in [-0.4, -0.2) is 17.7 Å². The second-order valence-electron chi connectivity index (χ2n) is 6.58. The summed E-state index contributed by atoms with van der Waals surface area (Å²) in [5, 5.41) is 9.62. The van der Waals surface area contributed by atoms with Crippen molar-refractivity contribution in [2.45, 2.75) is 53.4 Å². The van der Waals surface area contributed by atoms with Crippen LogP contribution >= 0.6 is 0 Å². The van der Waals surface area contributed by atoms with Crippen LogP contribution in [-0.2, 0) is 4.74 Å². The van der Waals surface area contributed by atoms with Gasteiger partial charge in [-0.1, -0.05) is 41.0 Å². The van der Waals surface area contributed by atoms with Crippen LogP contribution in [0.1, 0.15) is 63.7 Å². The first kappa shape index (κ1) is 20.8. The zero-order chi connectivity index (χ0) is 18.7. The average Bonchev–Trinajstić information content (AvgIpc) is 2.54. The van der Waals surface area contributed by atoms with E-state index in [0.29, 0.717) is 0 Å². The average molecular weight is 342 g/mol. The summed E-state index contributed by atoms with van der Waals surface area (Å²) in [4.78, 5) is 11.9. The first-order valence-electron chi connectivity index (χ1n) is 8.80. The van der Waals surface area contributed by atoms with Crippen LogP contribution in [0.5, 0.6) is 5.75 Å². The molecule has 25 heavy (non-hydrogen) atoms. The molecular formula is C22H30O3. The highest BCUT2D eigenvalue weighted by Gasteiger charge is 2.10. The topological polar surface area (TPSA) is 46.5 Å². The Kier molecular flexibility index (Phi) is 9.38. The minimum absolute atomic E-state index is 0.0538. The van der Waals surface area contributed by atoms with Gasteiger partial charge in [-0.3, -0.25) is 0 Å². The van der Waals surface area contributed by atoms with Gasteiger partial charge in [0.2, 0.25) is 0 Å². The fourth-order valence-corrected chi connectivity index (χ4v) is 2.32. The van der Waals surface area contributed by atoms with E-state index < -0.39 is 5.97 Å². The molecule has 0 fully saturated rings. The molecule has 0 spiro atoms. The highest BCUT2D eigenvalue weighted by Crippen LogP contribution is 2.16. The van der Waals surface area contributed by atoms with Crippen LogP contribution < -0.4 is 0 Å². The highest BCUT2D eigenvalue weighted by atomic mass is 16.5. The Morgan fingerprint density at radius 3 is 2.20 bits per heavy atom. The Balaban J connectivity index is 2.33. The summed E-state index contributed by atoms with van der Waals surface area (Å²) in [7, 11) is 0. The van der Waals surface area contributed by atoms with Crippen molar-refractivity contribution in [1.82, 2.24) is 0 Å². The molecule has 0 aromatic heterocycles. The number of hydrogen-bond acceptors (Lipinski definition) is 3. The number of aromatic hydroxyl groups is 1. The molecule has 0 aliphatic rings. The molecule has 0 heterocycles. The van der Waals surface area contributed by atoms with E-state index in [4.69, 9.17) is 4.74 Å².